The lowest BCUT2D eigenvalue weighted by Crippen LogP contribution is -2.38. The van der Waals surface area contributed by atoms with Gasteiger partial charge in [0, 0.05) is 24.4 Å². The number of carbonyl (C=O) groups is 1. The van der Waals surface area contributed by atoms with Crippen molar-refractivity contribution in [1.29, 1.82) is 0 Å². The van der Waals surface area contributed by atoms with Crippen molar-refractivity contribution in [2.45, 2.75) is 40.7 Å². The number of halogens is 2. The highest BCUT2D eigenvalue weighted by Gasteiger charge is 2.08. The third-order valence-electron chi connectivity index (χ3n) is 3.77. The van der Waals surface area contributed by atoms with Gasteiger partial charge in [-0.25, -0.2) is 9.98 Å². The molecular weight excluding hydrogens is 509 g/mol. The van der Waals surface area contributed by atoms with E-state index < -0.39 is 0 Å². The molecule has 0 aliphatic rings. The van der Waals surface area contributed by atoms with E-state index in [1.54, 1.807) is 11.3 Å². The number of aromatic nitrogens is 1. The van der Waals surface area contributed by atoms with Crippen LogP contribution in [0.2, 0.25) is 5.02 Å². The van der Waals surface area contributed by atoms with E-state index in [2.05, 4.69) is 25.9 Å². The minimum atomic E-state index is -0.0990. The number of nitrogens with zero attached hydrogens (tertiary/aromatic N) is 2. The second-order valence-corrected chi connectivity index (χ2v) is 7.84. The molecule has 1 amide bonds. The number of nitrogens with one attached hydrogen (secondary N) is 3. The quantitative estimate of drug-likeness (QED) is 0.279. The molecule has 0 unspecified atom stereocenters. The average molecular weight is 536 g/mol. The van der Waals surface area contributed by atoms with Gasteiger partial charge in [0.05, 0.1) is 28.0 Å². The number of amides is 1. The van der Waals surface area contributed by atoms with Crippen LogP contribution in [-0.2, 0) is 11.3 Å². The predicted octanol–water partition coefficient (Wildman–Crippen LogP) is 4.42. The van der Waals surface area contributed by atoms with E-state index in [4.69, 9.17) is 11.6 Å². The molecule has 3 N–H and O–H groups in total. The largest absolute Gasteiger partial charge is 0.357 e. The van der Waals surface area contributed by atoms with E-state index in [1.165, 1.54) is 0 Å². The number of guanidine groups is 1. The molecule has 2 aromatic rings. The van der Waals surface area contributed by atoms with Crippen molar-refractivity contribution in [2.75, 3.05) is 18.4 Å². The van der Waals surface area contributed by atoms with Crippen LogP contribution in [-0.4, -0.2) is 29.9 Å². The van der Waals surface area contributed by atoms with Crippen molar-refractivity contribution in [3.8, 4) is 0 Å². The minimum absolute atomic E-state index is 0. The van der Waals surface area contributed by atoms with Gasteiger partial charge in [-0.15, -0.1) is 35.3 Å². The van der Waals surface area contributed by atoms with Crippen LogP contribution in [0, 0.1) is 20.8 Å². The first-order valence-electron chi connectivity index (χ1n) is 8.90. The number of aliphatic imine (C=N–C) groups is 1. The Labute approximate surface area is 192 Å². The normalized spacial score (nSPS) is 11.0. The second kappa shape index (κ2) is 12.2. The fraction of sp³-hybridized carbons (Fsp3) is 0.421. The van der Waals surface area contributed by atoms with Crippen LogP contribution in [0.1, 0.15) is 34.5 Å². The number of anilines is 1. The smallest absolute Gasteiger partial charge is 0.226 e. The minimum Gasteiger partial charge on any atom is -0.357 e. The van der Waals surface area contributed by atoms with Gasteiger partial charge in [-0.05, 0) is 45.4 Å². The zero-order chi connectivity index (χ0) is 19.8. The molecule has 28 heavy (non-hydrogen) atoms. The fourth-order valence-corrected chi connectivity index (χ4v) is 3.59. The lowest BCUT2D eigenvalue weighted by atomic mass is 10.2. The molecule has 0 fully saturated rings. The van der Waals surface area contributed by atoms with E-state index >= 15 is 0 Å². The Morgan fingerprint density at radius 2 is 2.00 bits per heavy atom. The Hall–Kier alpha value is -1.39. The van der Waals surface area contributed by atoms with Gasteiger partial charge in [0.15, 0.2) is 5.96 Å². The number of hydrogen-bond acceptors (Lipinski definition) is 4. The second-order valence-electron chi connectivity index (χ2n) is 6.14. The number of benzene rings is 1. The molecule has 0 saturated heterocycles. The molecule has 0 radical (unpaired) electrons. The maximum absolute atomic E-state index is 12.1. The number of aryl methyl sites for hydroxylation is 3. The van der Waals surface area contributed by atoms with Gasteiger partial charge in [-0.3, -0.25) is 4.79 Å². The van der Waals surface area contributed by atoms with Gasteiger partial charge in [-0.1, -0.05) is 17.7 Å². The summed E-state index contributed by atoms with van der Waals surface area (Å²) in [6.45, 7) is 9.74. The summed E-state index contributed by atoms with van der Waals surface area (Å²) < 4.78 is 0. The number of rotatable bonds is 7. The van der Waals surface area contributed by atoms with Crippen molar-refractivity contribution in [3.63, 3.8) is 0 Å². The summed E-state index contributed by atoms with van der Waals surface area (Å²) in [5.74, 6) is 0.585. The molecule has 6 nitrogen and oxygen atoms in total. The van der Waals surface area contributed by atoms with Crippen LogP contribution in [0.4, 0.5) is 5.69 Å². The molecule has 0 spiro atoms. The Morgan fingerprint density at radius 3 is 2.61 bits per heavy atom. The Bertz CT molecular complexity index is 825. The van der Waals surface area contributed by atoms with E-state index in [1.807, 2.05) is 45.9 Å². The Balaban J connectivity index is 0.00000392. The standard InChI is InChI=1S/C19H26ClN5OS.HI/c1-5-21-19(23-11-17-13(3)24-14(4)27-17)22-9-8-18(26)25-16-7-6-12(2)10-15(16)20;/h6-7,10H,5,8-9,11H2,1-4H3,(H,25,26)(H2,21,22,23);1H. The highest BCUT2D eigenvalue weighted by Crippen LogP contribution is 2.22. The third-order valence-corrected chi connectivity index (χ3v) is 5.14. The topological polar surface area (TPSA) is 78.4 Å². The molecule has 2 rings (SSSR count). The predicted molar refractivity (Wildman–Crippen MR) is 129 cm³/mol. The summed E-state index contributed by atoms with van der Waals surface area (Å²) in [7, 11) is 0. The average Bonchev–Trinajstić information content (AvgIpc) is 2.92. The Kier molecular flexibility index (Phi) is 10.8. The monoisotopic (exact) mass is 535 g/mol. The van der Waals surface area contributed by atoms with E-state index in [-0.39, 0.29) is 29.9 Å². The first kappa shape index (κ1) is 24.6. The van der Waals surface area contributed by atoms with Crippen molar-refractivity contribution >= 4 is 64.5 Å². The lowest BCUT2D eigenvalue weighted by Gasteiger charge is -2.12. The van der Waals surface area contributed by atoms with Gasteiger partial charge >= 0.3 is 0 Å². The zero-order valence-corrected chi connectivity index (χ0v) is 20.5. The fourth-order valence-electron chi connectivity index (χ4n) is 2.44. The summed E-state index contributed by atoms with van der Waals surface area (Å²) in [6, 6.07) is 5.56. The first-order chi connectivity index (χ1) is 12.9. The molecule has 0 aliphatic carbocycles. The summed E-state index contributed by atoms with van der Waals surface area (Å²) in [5, 5.41) is 10.8. The highest BCUT2D eigenvalue weighted by atomic mass is 127. The zero-order valence-electron chi connectivity index (χ0n) is 16.6. The van der Waals surface area contributed by atoms with Gasteiger partial charge in [0.1, 0.15) is 0 Å². The van der Waals surface area contributed by atoms with Gasteiger partial charge < -0.3 is 16.0 Å². The van der Waals surface area contributed by atoms with Crippen LogP contribution in [0.25, 0.3) is 0 Å². The molecule has 0 atom stereocenters. The van der Waals surface area contributed by atoms with Crippen molar-refractivity contribution in [1.82, 2.24) is 15.6 Å². The Morgan fingerprint density at radius 1 is 1.25 bits per heavy atom. The SMILES string of the molecule is CCNC(=NCc1sc(C)nc1C)NCCC(=O)Nc1ccc(C)cc1Cl.I. The van der Waals surface area contributed by atoms with Gasteiger partial charge in [-0.2, -0.15) is 0 Å². The summed E-state index contributed by atoms with van der Waals surface area (Å²) in [5.41, 5.74) is 2.70. The van der Waals surface area contributed by atoms with Gasteiger partial charge in [0.2, 0.25) is 5.91 Å². The van der Waals surface area contributed by atoms with Crippen molar-refractivity contribution in [3.05, 3.63) is 44.4 Å². The first-order valence-corrected chi connectivity index (χ1v) is 10.1. The summed E-state index contributed by atoms with van der Waals surface area (Å²) in [4.78, 5) is 22.3. The van der Waals surface area contributed by atoms with E-state index in [9.17, 15) is 4.79 Å². The van der Waals surface area contributed by atoms with Gasteiger partial charge in [0.25, 0.3) is 0 Å². The van der Waals surface area contributed by atoms with E-state index in [0.29, 0.717) is 36.2 Å². The lowest BCUT2D eigenvalue weighted by molar-refractivity contribution is -0.116. The number of hydrogen-bond donors (Lipinski definition) is 3. The van der Waals surface area contributed by atoms with Crippen LogP contribution in [0.3, 0.4) is 0 Å². The molecule has 9 heteroatoms. The van der Waals surface area contributed by atoms with Crippen molar-refractivity contribution < 1.29 is 4.79 Å². The highest BCUT2D eigenvalue weighted by molar-refractivity contribution is 14.0. The van der Waals surface area contributed by atoms with Crippen LogP contribution >= 0.6 is 46.9 Å². The molecule has 0 aliphatic heterocycles. The summed E-state index contributed by atoms with van der Waals surface area (Å²) in [6.07, 6.45) is 0.313. The molecule has 154 valence electrons. The number of thiazole rings is 1. The maximum Gasteiger partial charge on any atom is 0.226 e. The molecule has 1 aromatic carbocycles. The summed E-state index contributed by atoms with van der Waals surface area (Å²) >= 11 is 7.81. The molecule has 0 bridgehead atoms. The van der Waals surface area contributed by atoms with E-state index in [0.717, 1.165) is 27.7 Å². The number of carbonyl (C=O) groups excluding carboxylic acids is 1. The van der Waals surface area contributed by atoms with Crippen LogP contribution in [0.5, 0.6) is 0 Å². The van der Waals surface area contributed by atoms with Crippen LogP contribution < -0.4 is 16.0 Å². The molecule has 0 saturated carbocycles. The van der Waals surface area contributed by atoms with Crippen molar-refractivity contribution in [2.24, 2.45) is 4.99 Å². The van der Waals surface area contributed by atoms with Crippen LogP contribution in [0.15, 0.2) is 23.2 Å². The molecular formula is C19H27ClIN5OS. The molecule has 1 aromatic heterocycles. The third kappa shape index (κ3) is 7.92. The molecule has 1 heterocycles. The maximum atomic E-state index is 12.1.